The normalized spacial score (nSPS) is 26.1. The number of rotatable bonds is 4. The first-order chi connectivity index (χ1) is 13.1. The molecule has 1 aliphatic heterocycles. The number of hydrogen-bond acceptors (Lipinski definition) is 2. The van der Waals surface area contributed by atoms with E-state index in [0.717, 1.165) is 36.1 Å². The Bertz CT molecular complexity index is 1020. The van der Waals surface area contributed by atoms with Gasteiger partial charge in [-0.3, -0.25) is 4.31 Å². The third-order valence-electron chi connectivity index (χ3n) is 6.13. The van der Waals surface area contributed by atoms with Gasteiger partial charge in [-0.1, -0.05) is 72.3 Å². The van der Waals surface area contributed by atoms with Crippen LogP contribution in [0.4, 0.5) is 5.69 Å². The number of fused-ring (bicyclic) bond motifs is 2. The summed E-state index contributed by atoms with van der Waals surface area (Å²) >= 11 is 0. The summed E-state index contributed by atoms with van der Waals surface area (Å²) < 4.78 is 28.7. The molecule has 3 aliphatic rings. The Morgan fingerprint density at radius 3 is 2.44 bits per heavy atom. The summed E-state index contributed by atoms with van der Waals surface area (Å²) in [5.41, 5.74) is 4.31. The molecule has 3 unspecified atom stereocenters. The third-order valence-corrected chi connectivity index (χ3v) is 7.87. The van der Waals surface area contributed by atoms with Crippen molar-refractivity contribution in [1.29, 1.82) is 0 Å². The fourth-order valence-corrected chi connectivity index (χ4v) is 6.57. The number of allylic oxidation sites excluding steroid dienone is 3. The zero-order chi connectivity index (χ0) is 18.4. The second-order valence-corrected chi connectivity index (χ2v) is 9.60. The molecule has 0 radical (unpaired) electrons. The first kappa shape index (κ1) is 16.8. The van der Waals surface area contributed by atoms with E-state index in [1.807, 2.05) is 48.5 Å². The highest BCUT2D eigenvalue weighted by Gasteiger charge is 2.45. The Labute approximate surface area is 161 Å². The summed E-state index contributed by atoms with van der Waals surface area (Å²) in [6, 6.07) is 17.4. The van der Waals surface area contributed by atoms with Gasteiger partial charge in [0.05, 0.1) is 17.5 Å². The van der Waals surface area contributed by atoms with Crippen LogP contribution in [0.5, 0.6) is 0 Å². The molecule has 138 valence electrons. The van der Waals surface area contributed by atoms with Crippen LogP contribution >= 0.6 is 0 Å². The summed E-state index contributed by atoms with van der Waals surface area (Å²) in [5, 5.41) is 0. The van der Waals surface area contributed by atoms with E-state index in [-0.39, 0.29) is 11.8 Å². The zero-order valence-electron chi connectivity index (χ0n) is 15.2. The van der Waals surface area contributed by atoms with Crippen LogP contribution in [0.15, 0.2) is 78.4 Å². The van der Waals surface area contributed by atoms with Gasteiger partial charge in [-0.05, 0) is 42.4 Å². The Morgan fingerprint density at radius 2 is 1.70 bits per heavy atom. The van der Waals surface area contributed by atoms with Crippen LogP contribution in [0.25, 0.3) is 0 Å². The first-order valence-electron chi connectivity index (χ1n) is 9.65. The fraction of sp³-hybridized carbons (Fsp3) is 0.304. The molecule has 3 nitrogen and oxygen atoms in total. The number of sulfonamides is 1. The van der Waals surface area contributed by atoms with Gasteiger partial charge in [0.15, 0.2) is 0 Å². The number of anilines is 1. The quantitative estimate of drug-likeness (QED) is 0.737. The average Bonchev–Trinajstić information content (AvgIpc) is 3.01. The lowest BCUT2D eigenvalue weighted by molar-refractivity contribution is 0.395. The van der Waals surface area contributed by atoms with Crippen LogP contribution in [-0.4, -0.2) is 14.5 Å². The van der Waals surface area contributed by atoms with Gasteiger partial charge >= 0.3 is 0 Å². The van der Waals surface area contributed by atoms with E-state index < -0.39 is 10.0 Å². The van der Waals surface area contributed by atoms with Crippen LogP contribution in [0.1, 0.15) is 24.0 Å². The Balaban J connectivity index is 1.56. The molecule has 0 N–H and O–H groups in total. The molecule has 1 heterocycles. The minimum absolute atomic E-state index is 0.0343. The topological polar surface area (TPSA) is 37.4 Å². The molecule has 2 aromatic rings. The summed E-state index contributed by atoms with van der Waals surface area (Å²) in [6.07, 6.45) is 9.94. The maximum atomic E-state index is 13.5. The Hall–Kier alpha value is -2.33. The van der Waals surface area contributed by atoms with Crippen LogP contribution in [0.3, 0.4) is 0 Å². The third kappa shape index (κ3) is 2.83. The van der Waals surface area contributed by atoms with Crippen molar-refractivity contribution in [1.82, 2.24) is 0 Å². The van der Waals surface area contributed by atoms with Crippen molar-refractivity contribution in [3.05, 3.63) is 89.5 Å². The molecular formula is C23H23NO2S. The van der Waals surface area contributed by atoms with E-state index in [1.54, 1.807) is 4.31 Å². The highest BCUT2D eigenvalue weighted by molar-refractivity contribution is 7.92. The van der Waals surface area contributed by atoms with Crippen molar-refractivity contribution in [3.8, 4) is 0 Å². The molecule has 0 bridgehead atoms. The number of hydrogen-bond donors (Lipinski definition) is 0. The van der Waals surface area contributed by atoms with Crippen molar-refractivity contribution < 1.29 is 8.42 Å². The largest absolute Gasteiger partial charge is 0.262 e. The predicted molar refractivity (Wildman–Crippen MR) is 109 cm³/mol. The number of nitrogens with zero attached hydrogens (tertiary/aromatic N) is 1. The molecule has 0 aromatic heterocycles. The Morgan fingerprint density at radius 1 is 0.963 bits per heavy atom. The molecular weight excluding hydrogens is 354 g/mol. The first-order valence-corrected chi connectivity index (χ1v) is 11.3. The van der Waals surface area contributed by atoms with E-state index >= 15 is 0 Å². The van der Waals surface area contributed by atoms with Crippen molar-refractivity contribution in [3.63, 3.8) is 0 Å². The maximum absolute atomic E-state index is 13.5. The molecule has 2 aliphatic carbocycles. The molecule has 2 aromatic carbocycles. The second-order valence-electron chi connectivity index (χ2n) is 7.75. The van der Waals surface area contributed by atoms with Crippen LogP contribution < -0.4 is 4.31 Å². The van der Waals surface area contributed by atoms with Gasteiger partial charge in [-0.2, -0.15) is 0 Å². The lowest BCUT2D eigenvalue weighted by Crippen LogP contribution is -2.48. The molecule has 4 heteroatoms. The monoisotopic (exact) mass is 377 g/mol. The molecule has 0 amide bonds. The highest BCUT2D eigenvalue weighted by Crippen LogP contribution is 2.47. The maximum Gasteiger partial charge on any atom is 0.239 e. The fourth-order valence-electron chi connectivity index (χ4n) is 4.75. The summed E-state index contributed by atoms with van der Waals surface area (Å²) in [5.74, 6) is 0.718. The van der Waals surface area contributed by atoms with Crippen LogP contribution in [-0.2, 0) is 22.2 Å². The zero-order valence-corrected chi connectivity index (χ0v) is 16.0. The smallest absolute Gasteiger partial charge is 0.239 e. The molecule has 0 spiro atoms. The second kappa shape index (κ2) is 6.38. The molecule has 27 heavy (non-hydrogen) atoms. The van der Waals surface area contributed by atoms with E-state index in [9.17, 15) is 8.42 Å². The predicted octanol–water partition coefficient (Wildman–Crippen LogP) is 4.47. The van der Waals surface area contributed by atoms with Crippen molar-refractivity contribution >= 4 is 15.7 Å². The summed E-state index contributed by atoms with van der Waals surface area (Å²) in [4.78, 5) is 0. The SMILES string of the molecule is O=S(=O)(Cc1ccccc1)N1c2ccccc2CC2C(C3=CCC3)C=CC21. The minimum atomic E-state index is -3.48. The standard InChI is InChI=1S/C23H23NO2S/c25-27(26,16-17-7-2-1-3-8-17)24-22-12-5-4-9-19(22)15-21-20(13-14-23(21)24)18-10-6-11-18/h1-5,7-10,12-14,20-21,23H,6,11,15-16H2. The highest BCUT2D eigenvalue weighted by atomic mass is 32.2. The van der Waals surface area contributed by atoms with Gasteiger partial charge in [0, 0.05) is 5.92 Å². The Kier molecular flexibility index (Phi) is 3.97. The summed E-state index contributed by atoms with van der Waals surface area (Å²) in [6.45, 7) is 0. The van der Waals surface area contributed by atoms with Gasteiger partial charge in [0.1, 0.15) is 0 Å². The van der Waals surface area contributed by atoms with Gasteiger partial charge in [0.2, 0.25) is 10.0 Å². The molecule has 3 atom stereocenters. The molecule has 0 saturated carbocycles. The molecule has 0 saturated heterocycles. The number of benzene rings is 2. The average molecular weight is 378 g/mol. The van der Waals surface area contributed by atoms with Crippen LogP contribution in [0, 0.1) is 11.8 Å². The summed E-state index contributed by atoms with van der Waals surface area (Å²) in [7, 11) is -3.48. The van der Waals surface area contributed by atoms with Gasteiger partial charge in [-0.15, -0.1) is 0 Å². The van der Waals surface area contributed by atoms with Crippen molar-refractivity contribution in [2.75, 3.05) is 4.31 Å². The van der Waals surface area contributed by atoms with Crippen molar-refractivity contribution in [2.45, 2.75) is 31.1 Å². The van der Waals surface area contributed by atoms with Gasteiger partial charge < -0.3 is 0 Å². The van der Waals surface area contributed by atoms with Crippen molar-refractivity contribution in [2.24, 2.45) is 11.8 Å². The van der Waals surface area contributed by atoms with Gasteiger partial charge in [0.25, 0.3) is 0 Å². The molecule has 0 fully saturated rings. The van der Waals surface area contributed by atoms with Gasteiger partial charge in [-0.25, -0.2) is 8.42 Å². The van der Waals surface area contributed by atoms with Crippen LogP contribution in [0.2, 0.25) is 0 Å². The van der Waals surface area contributed by atoms with E-state index in [0.29, 0.717) is 11.8 Å². The lowest BCUT2D eigenvalue weighted by Gasteiger charge is -2.42. The number of para-hydroxylation sites is 1. The van der Waals surface area contributed by atoms with E-state index in [2.05, 4.69) is 24.3 Å². The molecule has 5 rings (SSSR count). The van der Waals surface area contributed by atoms with E-state index in [4.69, 9.17) is 0 Å². The minimum Gasteiger partial charge on any atom is -0.262 e. The lowest BCUT2D eigenvalue weighted by atomic mass is 9.75. The van der Waals surface area contributed by atoms with E-state index in [1.165, 1.54) is 5.57 Å².